The van der Waals surface area contributed by atoms with E-state index in [1.165, 1.54) is 6.33 Å². The van der Waals surface area contributed by atoms with E-state index < -0.39 is 0 Å². The molecule has 1 amide bonds. The largest absolute Gasteiger partial charge is 0.496 e. The standard InChI is InChI=1S/C21H24N6O2/c1-15-7-8-22-19(11-15)27-20-13-18(25-14-26-20)23-9-10-24-21(28)12-16-5-3-4-6-17(16)29-2/h3-8,11,13-14H,9-10,12H2,1-2H3,(H,24,28)(H2,22,23,25,26,27). The average molecular weight is 392 g/mol. The molecule has 2 heterocycles. The average Bonchev–Trinajstić information content (AvgIpc) is 2.72. The number of carbonyl (C=O) groups excluding carboxylic acids is 1. The van der Waals surface area contributed by atoms with Crippen LogP contribution in [0, 0.1) is 6.92 Å². The zero-order valence-electron chi connectivity index (χ0n) is 16.5. The minimum absolute atomic E-state index is 0.0631. The fraction of sp³-hybridized carbons (Fsp3) is 0.238. The van der Waals surface area contributed by atoms with Gasteiger partial charge >= 0.3 is 0 Å². The SMILES string of the molecule is COc1ccccc1CC(=O)NCCNc1cc(Nc2cc(C)ccn2)ncn1. The van der Waals surface area contributed by atoms with Gasteiger partial charge in [-0.3, -0.25) is 4.79 Å². The molecule has 3 N–H and O–H groups in total. The molecule has 0 bridgehead atoms. The normalized spacial score (nSPS) is 10.3. The van der Waals surface area contributed by atoms with Crippen LogP contribution < -0.4 is 20.7 Å². The van der Waals surface area contributed by atoms with E-state index in [4.69, 9.17) is 4.74 Å². The molecule has 8 nitrogen and oxygen atoms in total. The van der Waals surface area contributed by atoms with E-state index in [0.29, 0.717) is 30.5 Å². The summed E-state index contributed by atoms with van der Waals surface area (Å²) in [5.41, 5.74) is 1.97. The van der Waals surface area contributed by atoms with Crippen LogP contribution in [-0.4, -0.2) is 41.1 Å². The minimum Gasteiger partial charge on any atom is -0.496 e. The van der Waals surface area contributed by atoms with E-state index in [9.17, 15) is 4.79 Å². The third-order valence-electron chi connectivity index (χ3n) is 4.14. The highest BCUT2D eigenvalue weighted by Crippen LogP contribution is 2.17. The summed E-state index contributed by atoms with van der Waals surface area (Å²) in [6.45, 7) is 3.01. The highest BCUT2D eigenvalue weighted by atomic mass is 16.5. The van der Waals surface area contributed by atoms with Crippen LogP contribution in [0.25, 0.3) is 0 Å². The highest BCUT2D eigenvalue weighted by Gasteiger charge is 2.07. The Bertz CT molecular complexity index is 963. The first-order chi connectivity index (χ1) is 14.1. The molecule has 0 aliphatic rings. The Morgan fingerprint density at radius 1 is 1.00 bits per heavy atom. The van der Waals surface area contributed by atoms with Crippen molar-refractivity contribution in [3.63, 3.8) is 0 Å². The molecule has 0 fully saturated rings. The van der Waals surface area contributed by atoms with Crippen molar-refractivity contribution in [3.05, 3.63) is 66.1 Å². The number of carbonyl (C=O) groups is 1. The second kappa shape index (κ2) is 10.0. The van der Waals surface area contributed by atoms with Gasteiger partial charge in [0, 0.05) is 30.9 Å². The number of hydrogen-bond acceptors (Lipinski definition) is 7. The second-order valence-corrected chi connectivity index (χ2v) is 6.40. The van der Waals surface area contributed by atoms with Gasteiger partial charge in [-0.2, -0.15) is 0 Å². The molecular formula is C21H24N6O2. The molecule has 0 saturated heterocycles. The van der Waals surface area contributed by atoms with E-state index in [2.05, 4.69) is 30.9 Å². The molecule has 1 aromatic carbocycles. The van der Waals surface area contributed by atoms with Crippen LogP contribution in [0.5, 0.6) is 5.75 Å². The van der Waals surface area contributed by atoms with E-state index in [0.717, 1.165) is 16.9 Å². The Kier molecular flexibility index (Phi) is 6.94. The van der Waals surface area contributed by atoms with E-state index in [-0.39, 0.29) is 12.3 Å². The molecule has 0 radical (unpaired) electrons. The second-order valence-electron chi connectivity index (χ2n) is 6.40. The summed E-state index contributed by atoms with van der Waals surface area (Å²) >= 11 is 0. The van der Waals surface area contributed by atoms with Crippen molar-refractivity contribution in [1.82, 2.24) is 20.3 Å². The van der Waals surface area contributed by atoms with Gasteiger partial charge in [0.1, 0.15) is 29.5 Å². The number of ether oxygens (including phenoxy) is 1. The Labute approximate surface area is 169 Å². The number of nitrogens with zero attached hydrogens (tertiary/aromatic N) is 3. The quantitative estimate of drug-likeness (QED) is 0.481. The fourth-order valence-electron chi connectivity index (χ4n) is 2.74. The van der Waals surface area contributed by atoms with Crippen molar-refractivity contribution < 1.29 is 9.53 Å². The third-order valence-corrected chi connectivity index (χ3v) is 4.14. The summed E-state index contributed by atoms with van der Waals surface area (Å²) in [5.74, 6) is 2.67. The highest BCUT2D eigenvalue weighted by molar-refractivity contribution is 5.79. The molecule has 0 aliphatic heterocycles. The number of hydrogen-bond donors (Lipinski definition) is 3. The topological polar surface area (TPSA) is 101 Å². The lowest BCUT2D eigenvalue weighted by molar-refractivity contribution is -0.120. The van der Waals surface area contributed by atoms with Crippen LogP contribution in [0.2, 0.25) is 0 Å². The van der Waals surface area contributed by atoms with Crippen molar-refractivity contribution >= 4 is 23.4 Å². The molecule has 3 aromatic rings. The first-order valence-corrected chi connectivity index (χ1v) is 9.28. The van der Waals surface area contributed by atoms with Gasteiger partial charge in [0.2, 0.25) is 5.91 Å². The van der Waals surface area contributed by atoms with Crippen LogP contribution in [0.3, 0.4) is 0 Å². The fourth-order valence-corrected chi connectivity index (χ4v) is 2.74. The van der Waals surface area contributed by atoms with Crippen molar-refractivity contribution in [2.75, 3.05) is 30.8 Å². The van der Waals surface area contributed by atoms with Gasteiger partial charge in [0.05, 0.1) is 13.5 Å². The Hall–Kier alpha value is -3.68. The monoisotopic (exact) mass is 392 g/mol. The number of methoxy groups -OCH3 is 1. The maximum atomic E-state index is 12.1. The van der Waals surface area contributed by atoms with Gasteiger partial charge in [0.15, 0.2) is 0 Å². The molecule has 29 heavy (non-hydrogen) atoms. The molecule has 8 heteroatoms. The van der Waals surface area contributed by atoms with Crippen molar-refractivity contribution in [2.45, 2.75) is 13.3 Å². The van der Waals surface area contributed by atoms with Crippen LogP contribution in [0.15, 0.2) is 55.0 Å². The summed E-state index contributed by atoms with van der Waals surface area (Å²) in [4.78, 5) is 24.8. The number of aryl methyl sites for hydroxylation is 1. The third kappa shape index (κ3) is 6.17. The summed E-state index contributed by atoms with van der Waals surface area (Å²) in [6, 6.07) is 13.2. The number of nitrogens with one attached hydrogen (secondary N) is 3. The number of rotatable bonds is 9. The molecule has 0 atom stereocenters. The number of amides is 1. The van der Waals surface area contributed by atoms with Crippen molar-refractivity contribution in [1.29, 1.82) is 0 Å². The van der Waals surface area contributed by atoms with Crippen molar-refractivity contribution in [3.8, 4) is 5.75 Å². The van der Waals surface area contributed by atoms with E-state index in [1.807, 2.05) is 43.3 Å². The molecule has 3 rings (SSSR count). The predicted octanol–water partition coefficient (Wildman–Crippen LogP) is 2.70. The van der Waals surface area contributed by atoms with E-state index >= 15 is 0 Å². The maximum Gasteiger partial charge on any atom is 0.224 e. The van der Waals surface area contributed by atoms with Gasteiger partial charge < -0.3 is 20.7 Å². The zero-order chi connectivity index (χ0) is 20.5. The Balaban J connectivity index is 1.45. The summed E-state index contributed by atoms with van der Waals surface area (Å²) in [7, 11) is 1.60. The lowest BCUT2D eigenvalue weighted by Crippen LogP contribution is -2.30. The van der Waals surface area contributed by atoms with Gasteiger partial charge in [-0.15, -0.1) is 0 Å². The summed E-state index contributed by atoms with van der Waals surface area (Å²) < 4.78 is 5.27. The zero-order valence-corrected chi connectivity index (χ0v) is 16.5. The van der Waals surface area contributed by atoms with Crippen LogP contribution >= 0.6 is 0 Å². The van der Waals surface area contributed by atoms with Crippen molar-refractivity contribution in [2.24, 2.45) is 0 Å². The summed E-state index contributed by atoms with van der Waals surface area (Å²) in [6.07, 6.45) is 3.49. The molecule has 0 aliphatic carbocycles. The maximum absolute atomic E-state index is 12.1. The van der Waals surface area contributed by atoms with Crippen LogP contribution in [0.1, 0.15) is 11.1 Å². The van der Waals surface area contributed by atoms with Gasteiger partial charge in [-0.25, -0.2) is 15.0 Å². The first kappa shape index (κ1) is 20.1. The minimum atomic E-state index is -0.0631. The van der Waals surface area contributed by atoms with Gasteiger partial charge in [-0.05, 0) is 30.7 Å². The molecule has 0 unspecified atom stereocenters. The van der Waals surface area contributed by atoms with Crippen LogP contribution in [-0.2, 0) is 11.2 Å². The first-order valence-electron chi connectivity index (χ1n) is 9.28. The predicted molar refractivity (Wildman–Crippen MR) is 112 cm³/mol. The summed E-state index contributed by atoms with van der Waals surface area (Å²) in [5, 5.41) is 9.21. The number of pyridine rings is 1. The van der Waals surface area contributed by atoms with E-state index in [1.54, 1.807) is 19.4 Å². The lowest BCUT2D eigenvalue weighted by atomic mass is 10.1. The van der Waals surface area contributed by atoms with Crippen LogP contribution in [0.4, 0.5) is 17.5 Å². The van der Waals surface area contributed by atoms with Gasteiger partial charge in [-0.1, -0.05) is 18.2 Å². The van der Waals surface area contributed by atoms with Gasteiger partial charge in [0.25, 0.3) is 0 Å². The Morgan fingerprint density at radius 3 is 2.62 bits per heavy atom. The number of anilines is 3. The lowest BCUT2D eigenvalue weighted by Gasteiger charge is -2.10. The smallest absolute Gasteiger partial charge is 0.224 e. The Morgan fingerprint density at radius 2 is 1.79 bits per heavy atom. The molecule has 150 valence electrons. The molecule has 2 aromatic heterocycles. The number of benzene rings is 1. The molecule has 0 saturated carbocycles. The molecule has 0 spiro atoms. The number of para-hydroxylation sites is 1. The molecular weight excluding hydrogens is 368 g/mol. The number of aromatic nitrogens is 3.